The van der Waals surface area contributed by atoms with E-state index < -0.39 is 6.04 Å². The smallest absolute Gasteiger partial charge is 0.237 e. The standard InChI is InChI=1S/C16H21N5O3S/c1-10-3-4-12(24-10)9-21-6-5-17-16(23)13(21)7-15(22)18-8-14-11(2)19-20-25-14/h3-4,13H,5-9H2,1-2H3,(H,17,23)(H,18,22). The van der Waals surface area contributed by atoms with E-state index in [1.165, 1.54) is 11.5 Å². The maximum absolute atomic E-state index is 12.3. The Morgan fingerprint density at radius 3 is 3.00 bits per heavy atom. The highest BCUT2D eigenvalue weighted by Crippen LogP contribution is 2.16. The van der Waals surface area contributed by atoms with Gasteiger partial charge in [-0.2, -0.15) is 0 Å². The minimum Gasteiger partial charge on any atom is -0.465 e. The van der Waals surface area contributed by atoms with Gasteiger partial charge in [-0.15, -0.1) is 5.10 Å². The maximum atomic E-state index is 12.3. The molecule has 1 aliphatic heterocycles. The van der Waals surface area contributed by atoms with Gasteiger partial charge in [0.1, 0.15) is 11.5 Å². The molecule has 25 heavy (non-hydrogen) atoms. The number of nitrogens with zero attached hydrogens (tertiary/aromatic N) is 3. The molecule has 0 aromatic carbocycles. The normalized spacial score (nSPS) is 18.2. The Labute approximate surface area is 149 Å². The second kappa shape index (κ2) is 7.75. The zero-order chi connectivity index (χ0) is 17.8. The van der Waals surface area contributed by atoms with Gasteiger partial charge < -0.3 is 15.1 Å². The summed E-state index contributed by atoms with van der Waals surface area (Å²) in [6.07, 6.45) is 0.108. The molecule has 1 fully saturated rings. The summed E-state index contributed by atoms with van der Waals surface area (Å²) < 4.78 is 9.44. The third kappa shape index (κ3) is 4.43. The summed E-state index contributed by atoms with van der Waals surface area (Å²) in [6.45, 7) is 5.88. The molecule has 8 nitrogen and oxygen atoms in total. The van der Waals surface area contributed by atoms with Crippen molar-refractivity contribution in [2.24, 2.45) is 0 Å². The second-order valence-electron chi connectivity index (χ2n) is 6.05. The van der Waals surface area contributed by atoms with E-state index in [4.69, 9.17) is 4.42 Å². The minimum atomic E-state index is -0.500. The molecule has 2 amide bonds. The largest absolute Gasteiger partial charge is 0.465 e. The van der Waals surface area contributed by atoms with Crippen LogP contribution in [0.3, 0.4) is 0 Å². The van der Waals surface area contributed by atoms with Crippen molar-refractivity contribution >= 4 is 23.3 Å². The van der Waals surface area contributed by atoms with Crippen LogP contribution in [0.4, 0.5) is 0 Å². The van der Waals surface area contributed by atoms with E-state index >= 15 is 0 Å². The molecule has 3 heterocycles. The highest BCUT2D eigenvalue weighted by atomic mass is 32.1. The number of carbonyl (C=O) groups is 2. The summed E-state index contributed by atoms with van der Waals surface area (Å²) in [6, 6.07) is 3.30. The first-order valence-corrected chi connectivity index (χ1v) is 8.92. The number of furan rings is 1. The summed E-state index contributed by atoms with van der Waals surface area (Å²) in [5, 5.41) is 9.59. The number of aryl methyl sites for hydroxylation is 2. The lowest BCUT2D eigenvalue weighted by molar-refractivity contribution is -0.134. The summed E-state index contributed by atoms with van der Waals surface area (Å²) in [7, 11) is 0. The molecule has 1 atom stereocenters. The molecule has 1 unspecified atom stereocenters. The van der Waals surface area contributed by atoms with Gasteiger partial charge in [-0.1, -0.05) is 4.49 Å². The topological polar surface area (TPSA) is 100 Å². The van der Waals surface area contributed by atoms with Crippen molar-refractivity contribution in [1.29, 1.82) is 0 Å². The Kier molecular flexibility index (Phi) is 5.44. The Bertz CT molecular complexity index is 757. The van der Waals surface area contributed by atoms with Crippen LogP contribution in [0.25, 0.3) is 0 Å². The van der Waals surface area contributed by atoms with E-state index in [1.54, 1.807) is 0 Å². The lowest BCUT2D eigenvalue weighted by Crippen LogP contribution is -2.56. The van der Waals surface area contributed by atoms with Crippen LogP contribution in [-0.4, -0.2) is 45.4 Å². The number of nitrogens with one attached hydrogen (secondary N) is 2. The number of amides is 2. The molecule has 134 valence electrons. The zero-order valence-electron chi connectivity index (χ0n) is 14.2. The Balaban J connectivity index is 1.59. The summed E-state index contributed by atoms with van der Waals surface area (Å²) in [4.78, 5) is 27.4. The molecule has 2 N–H and O–H groups in total. The van der Waals surface area contributed by atoms with Crippen LogP contribution in [0.2, 0.25) is 0 Å². The predicted molar refractivity (Wildman–Crippen MR) is 91.8 cm³/mol. The van der Waals surface area contributed by atoms with E-state index in [0.29, 0.717) is 26.2 Å². The van der Waals surface area contributed by atoms with Gasteiger partial charge in [-0.05, 0) is 37.5 Å². The van der Waals surface area contributed by atoms with E-state index in [0.717, 1.165) is 22.1 Å². The van der Waals surface area contributed by atoms with Crippen LogP contribution in [0, 0.1) is 13.8 Å². The van der Waals surface area contributed by atoms with E-state index in [2.05, 4.69) is 20.2 Å². The SMILES string of the molecule is Cc1ccc(CN2CCNC(=O)C2CC(=O)NCc2snnc2C)o1. The lowest BCUT2D eigenvalue weighted by atomic mass is 10.1. The van der Waals surface area contributed by atoms with Gasteiger partial charge in [-0.25, -0.2) is 0 Å². The summed E-state index contributed by atoms with van der Waals surface area (Å²) in [5.74, 6) is 1.33. The van der Waals surface area contributed by atoms with Gasteiger partial charge in [0.15, 0.2) is 0 Å². The molecular weight excluding hydrogens is 342 g/mol. The third-order valence-corrected chi connectivity index (χ3v) is 4.99. The molecular formula is C16H21N5O3S. The number of aromatic nitrogens is 2. The molecule has 9 heteroatoms. The van der Waals surface area contributed by atoms with Gasteiger partial charge in [-0.3, -0.25) is 14.5 Å². The predicted octanol–water partition coefficient (Wildman–Crippen LogP) is 0.755. The number of rotatable bonds is 6. The lowest BCUT2D eigenvalue weighted by Gasteiger charge is -2.34. The first kappa shape index (κ1) is 17.6. The van der Waals surface area contributed by atoms with Crippen LogP contribution in [0.15, 0.2) is 16.5 Å². The second-order valence-corrected chi connectivity index (χ2v) is 6.89. The van der Waals surface area contributed by atoms with Crippen molar-refractivity contribution in [3.63, 3.8) is 0 Å². The molecule has 0 radical (unpaired) electrons. The van der Waals surface area contributed by atoms with Crippen molar-refractivity contribution in [3.05, 3.63) is 34.2 Å². The highest BCUT2D eigenvalue weighted by Gasteiger charge is 2.32. The van der Waals surface area contributed by atoms with Gasteiger partial charge in [0.2, 0.25) is 11.8 Å². The molecule has 3 rings (SSSR count). The van der Waals surface area contributed by atoms with Crippen LogP contribution in [0.1, 0.15) is 28.5 Å². The van der Waals surface area contributed by atoms with Gasteiger partial charge in [0, 0.05) is 13.1 Å². The summed E-state index contributed by atoms with van der Waals surface area (Å²) >= 11 is 1.26. The minimum absolute atomic E-state index is 0.108. The number of hydrogen-bond donors (Lipinski definition) is 2. The van der Waals surface area contributed by atoms with Crippen molar-refractivity contribution in [3.8, 4) is 0 Å². The average molecular weight is 363 g/mol. The molecule has 2 aromatic rings. The molecule has 0 aliphatic carbocycles. The third-order valence-electron chi connectivity index (χ3n) is 4.17. The van der Waals surface area contributed by atoms with Crippen molar-refractivity contribution in [2.45, 2.75) is 39.4 Å². The highest BCUT2D eigenvalue weighted by molar-refractivity contribution is 7.05. The maximum Gasteiger partial charge on any atom is 0.237 e. The zero-order valence-corrected chi connectivity index (χ0v) is 15.1. The summed E-state index contributed by atoms with van der Waals surface area (Å²) in [5.41, 5.74) is 0.815. The quantitative estimate of drug-likeness (QED) is 0.786. The van der Waals surface area contributed by atoms with Crippen LogP contribution in [-0.2, 0) is 22.7 Å². The van der Waals surface area contributed by atoms with Crippen LogP contribution in [0.5, 0.6) is 0 Å². The monoisotopic (exact) mass is 363 g/mol. The fourth-order valence-electron chi connectivity index (χ4n) is 2.78. The van der Waals surface area contributed by atoms with Gasteiger partial charge in [0.05, 0.1) is 36.1 Å². The van der Waals surface area contributed by atoms with Gasteiger partial charge >= 0.3 is 0 Å². The Hall–Kier alpha value is -2.26. The first-order chi connectivity index (χ1) is 12.0. The van der Waals surface area contributed by atoms with E-state index in [9.17, 15) is 9.59 Å². The van der Waals surface area contributed by atoms with Crippen molar-refractivity contribution in [1.82, 2.24) is 25.1 Å². The average Bonchev–Trinajstić information content (AvgIpc) is 3.17. The molecule has 0 saturated carbocycles. The fourth-order valence-corrected chi connectivity index (χ4v) is 3.35. The number of carbonyl (C=O) groups excluding carboxylic acids is 2. The van der Waals surface area contributed by atoms with E-state index in [-0.39, 0.29) is 18.2 Å². The van der Waals surface area contributed by atoms with Crippen molar-refractivity contribution in [2.75, 3.05) is 13.1 Å². The molecule has 0 spiro atoms. The van der Waals surface area contributed by atoms with Crippen LogP contribution < -0.4 is 10.6 Å². The number of piperazine rings is 1. The van der Waals surface area contributed by atoms with E-state index in [1.807, 2.05) is 30.9 Å². The Morgan fingerprint density at radius 2 is 2.32 bits per heavy atom. The van der Waals surface area contributed by atoms with Crippen LogP contribution >= 0.6 is 11.5 Å². The van der Waals surface area contributed by atoms with Crippen molar-refractivity contribution < 1.29 is 14.0 Å². The molecule has 1 aliphatic rings. The molecule has 0 bridgehead atoms. The van der Waals surface area contributed by atoms with Gasteiger partial charge in [0.25, 0.3) is 0 Å². The molecule has 2 aromatic heterocycles. The fraction of sp³-hybridized carbons (Fsp3) is 0.500. The number of hydrogen-bond acceptors (Lipinski definition) is 7. The first-order valence-electron chi connectivity index (χ1n) is 8.14. The Morgan fingerprint density at radius 1 is 1.48 bits per heavy atom. The molecule has 1 saturated heterocycles.